The Bertz CT molecular complexity index is 645. The van der Waals surface area contributed by atoms with Gasteiger partial charge in [-0.2, -0.15) is 4.98 Å². The number of urea groups is 1. The van der Waals surface area contributed by atoms with Crippen LogP contribution < -0.4 is 10.1 Å². The molecule has 5 nitrogen and oxygen atoms in total. The van der Waals surface area contributed by atoms with E-state index >= 15 is 0 Å². The van der Waals surface area contributed by atoms with E-state index in [1.807, 2.05) is 0 Å². The maximum absolute atomic E-state index is 11.5. The lowest BCUT2D eigenvalue weighted by Gasteiger charge is -2.12. The Hall–Kier alpha value is -1.98. The minimum absolute atomic E-state index is 0.205. The molecular formula is C14H13Cl2N3O2. The fourth-order valence-corrected chi connectivity index (χ4v) is 1.71. The number of nitrogens with one attached hydrogen (secondary N) is 1. The van der Waals surface area contributed by atoms with Crippen LogP contribution in [0.15, 0.2) is 36.4 Å². The highest BCUT2D eigenvalue weighted by Gasteiger charge is 2.07. The normalized spacial score (nSPS) is 10.1. The molecule has 1 aromatic carbocycles. The molecule has 0 unspecified atom stereocenters. The van der Waals surface area contributed by atoms with Crippen molar-refractivity contribution in [3.63, 3.8) is 0 Å². The van der Waals surface area contributed by atoms with E-state index in [4.69, 9.17) is 27.9 Å². The van der Waals surface area contributed by atoms with E-state index in [-0.39, 0.29) is 11.9 Å². The fourth-order valence-electron chi connectivity index (χ4n) is 1.43. The first-order valence-corrected chi connectivity index (χ1v) is 6.79. The van der Waals surface area contributed by atoms with Crippen LogP contribution in [0.4, 0.5) is 10.5 Å². The monoisotopic (exact) mass is 325 g/mol. The highest BCUT2D eigenvalue weighted by atomic mass is 35.5. The molecule has 21 heavy (non-hydrogen) atoms. The summed E-state index contributed by atoms with van der Waals surface area (Å²) >= 11 is 11.8. The number of anilines is 1. The second kappa shape index (κ2) is 6.65. The summed E-state index contributed by atoms with van der Waals surface area (Å²) in [6, 6.07) is 9.82. The number of carbonyl (C=O) groups is 1. The summed E-state index contributed by atoms with van der Waals surface area (Å²) < 4.78 is 5.55. The number of aromatic nitrogens is 1. The summed E-state index contributed by atoms with van der Waals surface area (Å²) in [5.41, 5.74) is 0.659. The van der Waals surface area contributed by atoms with Gasteiger partial charge in [0.05, 0.1) is 0 Å². The van der Waals surface area contributed by atoms with Crippen LogP contribution in [0.25, 0.3) is 0 Å². The molecule has 1 heterocycles. The topological polar surface area (TPSA) is 54.5 Å². The Morgan fingerprint density at radius 3 is 2.43 bits per heavy atom. The van der Waals surface area contributed by atoms with Crippen LogP contribution in [0.2, 0.25) is 10.2 Å². The van der Waals surface area contributed by atoms with Crippen LogP contribution in [0.5, 0.6) is 11.6 Å². The van der Waals surface area contributed by atoms with Crippen molar-refractivity contribution in [2.24, 2.45) is 0 Å². The van der Waals surface area contributed by atoms with Gasteiger partial charge in [0.15, 0.2) is 0 Å². The van der Waals surface area contributed by atoms with Gasteiger partial charge in [0.25, 0.3) is 0 Å². The molecule has 2 rings (SSSR count). The number of hydrogen-bond acceptors (Lipinski definition) is 3. The van der Waals surface area contributed by atoms with Gasteiger partial charge in [0.1, 0.15) is 15.9 Å². The van der Waals surface area contributed by atoms with Crippen LogP contribution >= 0.6 is 23.2 Å². The van der Waals surface area contributed by atoms with E-state index in [1.54, 1.807) is 50.5 Å². The summed E-state index contributed by atoms with van der Waals surface area (Å²) in [6.07, 6.45) is 0. The van der Waals surface area contributed by atoms with Gasteiger partial charge >= 0.3 is 6.03 Å². The molecule has 0 spiro atoms. The van der Waals surface area contributed by atoms with Gasteiger partial charge in [0.2, 0.25) is 5.88 Å². The quantitative estimate of drug-likeness (QED) is 0.857. The Balaban J connectivity index is 2.09. The van der Waals surface area contributed by atoms with E-state index in [2.05, 4.69) is 10.3 Å². The maximum atomic E-state index is 11.5. The average molecular weight is 326 g/mol. The summed E-state index contributed by atoms with van der Waals surface area (Å²) in [7, 11) is 3.33. The molecule has 1 N–H and O–H groups in total. The molecule has 0 aliphatic rings. The highest BCUT2D eigenvalue weighted by molar-refractivity contribution is 6.33. The number of carbonyl (C=O) groups excluding carboxylic acids is 1. The number of amides is 2. The number of hydrogen-bond donors (Lipinski definition) is 1. The molecule has 1 aromatic heterocycles. The first-order chi connectivity index (χ1) is 9.95. The first kappa shape index (κ1) is 15.4. The predicted octanol–water partition coefficient (Wildman–Crippen LogP) is 4.27. The number of ether oxygens (including phenoxy) is 1. The van der Waals surface area contributed by atoms with Crippen molar-refractivity contribution in [2.45, 2.75) is 0 Å². The molecule has 0 aliphatic heterocycles. The smallest absolute Gasteiger partial charge is 0.321 e. The van der Waals surface area contributed by atoms with Crippen LogP contribution in [-0.2, 0) is 0 Å². The number of nitrogens with zero attached hydrogens (tertiary/aromatic N) is 2. The Labute approximate surface area is 132 Å². The molecule has 0 saturated heterocycles. The lowest BCUT2D eigenvalue weighted by atomic mass is 10.3. The predicted molar refractivity (Wildman–Crippen MR) is 83.5 cm³/mol. The molecule has 0 radical (unpaired) electrons. The van der Waals surface area contributed by atoms with Gasteiger partial charge in [-0.3, -0.25) is 0 Å². The van der Waals surface area contributed by atoms with E-state index in [1.165, 1.54) is 4.90 Å². The average Bonchev–Trinajstić information content (AvgIpc) is 2.45. The van der Waals surface area contributed by atoms with Crippen molar-refractivity contribution in [1.29, 1.82) is 0 Å². The number of halogens is 2. The molecule has 0 fully saturated rings. The van der Waals surface area contributed by atoms with E-state index in [0.29, 0.717) is 21.6 Å². The van der Waals surface area contributed by atoms with E-state index in [9.17, 15) is 4.79 Å². The zero-order chi connectivity index (χ0) is 15.4. The highest BCUT2D eigenvalue weighted by Crippen LogP contribution is 2.29. The maximum Gasteiger partial charge on any atom is 0.321 e. The minimum atomic E-state index is -0.205. The second-order valence-electron chi connectivity index (χ2n) is 4.37. The van der Waals surface area contributed by atoms with Crippen molar-refractivity contribution in [2.75, 3.05) is 19.4 Å². The van der Waals surface area contributed by atoms with Gasteiger partial charge in [-0.05, 0) is 36.4 Å². The molecule has 2 amide bonds. The molecule has 0 atom stereocenters. The molecule has 0 aliphatic carbocycles. The Kier molecular flexibility index (Phi) is 4.88. The van der Waals surface area contributed by atoms with Crippen molar-refractivity contribution < 1.29 is 9.53 Å². The van der Waals surface area contributed by atoms with Crippen LogP contribution in [0, 0.1) is 0 Å². The van der Waals surface area contributed by atoms with Gasteiger partial charge < -0.3 is 15.0 Å². The van der Waals surface area contributed by atoms with Crippen LogP contribution in [-0.4, -0.2) is 30.0 Å². The van der Waals surface area contributed by atoms with Crippen molar-refractivity contribution in [1.82, 2.24) is 9.88 Å². The molecule has 0 bridgehead atoms. The molecule has 110 valence electrons. The third-order valence-electron chi connectivity index (χ3n) is 2.51. The summed E-state index contributed by atoms with van der Waals surface area (Å²) in [5, 5.41) is 3.38. The Morgan fingerprint density at radius 2 is 1.81 bits per heavy atom. The summed E-state index contributed by atoms with van der Waals surface area (Å²) in [6.45, 7) is 0. The molecular weight excluding hydrogens is 313 g/mol. The third-order valence-corrected chi connectivity index (χ3v) is 3.00. The Morgan fingerprint density at radius 1 is 1.14 bits per heavy atom. The summed E-state index contributed by atoms with van der Waals surface area (Å²) in [5.74, 6) is 0.767. The lowest BCUT2D eigenvalue weighted by Crippen LogP contribution is -2.27. The van der Waals surface area contributed by atoms with Crippen molar-refractivity contribution >= 4 is 34.9 Å². The standard InChI is InChI=1S/C14H13Cl2N3O2/c1-19(2)14(20)17-9-3-5-10(6-4-9)21-13-11(15)7-8-12(16)18-13/h3-8H,1-2H3,(H,17,20). The second-order valence-corrected chi connectivity index (χ2v) is 5.17. The summed E-state index contributed by atoms with van der Waals surface area (Å²) in [4.78, 5) is 17.0. The first-order valence-electron chi connectivity index (χ1n) is 6.04. The van der Waals surface area contributed by atoms with E-state index in [0.717, 1.165) is 0 Å². The number of rotatable bonds is 3. The van der Waals surface area contributed by atoms with Crippen molar-refractivity contribution in [3.05, 3.63) is 46.6 Å². The SMILES string of the molecule is CN(C)C(=O)Nc1ccc(Oc2nc(Cl)ccc2Cl)cc1. The fraction of sp³-hybridized carbons (Fsp3) is 0.143. The lowest BCUT2D eigenvalue weighted by molar-refractivity contribution is 0.230. The zero-order valence-corrected chi connectivity index (χ0v) is 12.9. The molecule has 7 heteroatoms. The van der Waals surface area contributed by atoms with Crippen LogP contribution in [0.1, 0.15) is 0 Å². The molecule has 0 saturated carbocycles. The largest absolute Gasteiger partial charge is 0.437 e. The van der Waals surface area contributed by atoms with Crippen LogP contribution in [0.3, 0.4) is 0 Å². The number of pyridine rings is 1. The zero-order valence-electron chi connectivity index (χ0n) is 11.4. The minimum Gasteiger partial charge on any atom is -0.437 e. The molecule has 2 aromatic rings. The third kappa shape index (κ3) is 4.24. The van der Waals surface area contributed by atoms with Gasteiger partial charge in [-0.1, -0.05) is 23.2 Å². The van der Waals surface area contributed by atoms with Crippen molar-refractivity contribution in [3.8, 4) is 11.6 Å². The van der Waals surface area contributed by atoms with Gasteiger partial charge in [0, 0.05) is 19.8 Å². The number of benzene rings is 1. The van der Waals surface area contributed by atoms with E-state index < -0.39 is 0 Å². The van der Waals surface area contributed by atoms with Gasteiger partial charge in [-0.15, -0.1) is 0 Å². The van der Waals surface area contributed by atoms with Gasteiger partial charge in [-0.25, -0.2) is 4.79 Å².